The maximum atomic E-state index is 2.33. The monoisotopic (exact) mass is 360 g/mol. The third-order valence-electron chi connectivity index (χ3n) is 5.35. The van der Waals surface area contributed by atoms with E-state index >= 15 is 0 Å². The number of hydrogen-bond donors (Lipinski definition) is 0. The van der Waals surface area contributed by atoms with Gasteiger partial charge in [0.2, 0.25) is 0 Å². The Balaban J connectivity index is 1.95. The Bertz CT molecular complexity index is 934. The van der Waals surface area contributed by atoms with Crippen molar-refractivity contribution in [3.8, 4) is 0 Å². The molecule has 0 heterocycles. The fourth-order valence-electron chi connectivity index (χ4n) is 3.96. The van der Waals surface area contributed by atoms with E-state index in [1.807, 2.05) is 0 Å². The van der Waals surface area contributed by atoms with Gasteiger partial charge >= 0.3 is 173 Å². The molecule has 0 nitrogen and oxygen atoms in total. The summed E-state index contributed by atoms with van der Waals surface area (Å²) in [4.78, 5) is 0. The van der Waals surface area contributed by atoms with Gasteiger partial charge in [-0.25, -0.2) is 0 Å². The molecule has 3 aromatic rings. The van der Waals surface area contributed by atoms with Crippen LogP contribution in [0.2, 0.25) is 0 Å². The van der Waals surface area contributed by atoms with E-state index in [0.29, 0.717) is 5.66 Å². The predicted octanol–water partition coefficient (Wildman–Crippen LogP) is 5.55. The predicted molar refractivity (Wildman–Crippen MR) is 120 cm³/mol. The van der Waals surface area contributed by atoms with Crippen molar-refractivity contribution in [2.75, 3.05) is 0 Å². The Hall–Kier alpha value is -1.83. The van der Waals surface area contributed by atoms with Gasteiger partial charge in [-0.2, -0.15) is 0 Å². The van der Waals surface area contributed by atoms with Gasteiger partial charge in [-0.1, -0.05) is 0 Å². The fraction of sp³-hybridized carbons (Fsp3) is 0.120. The molecule has 0 spiro atoms. The van der Waals surface area contributed by atoms with E-state index < -0.39 is 7.92 Å². The fourth-order valence-corrected chi connectivity index (χ4v) is 7.03. The Morgan fingerprint density at radius 2 is 1.33 bits per heavy atom. The normalized spacial score (nSPS) is 14.8. The Labute approximate surface area is 173 Å². The van der Waals surface area contributed by atoms with Crippen LogP contribution in [0.5, 0.6) is 0 Å². The van der Waals surface area contributed by atoms with Crippen molar-refractivity contribution in [3.05, 3.63) is 118 Å². The van der Waals surface area contributed by atoms with E-state index in [2.05, 4.69) is 122 Å². The van der Waals surface area contributed by atoms with Crippen LogP contribution in [-0.4, -0.2) is 17.7 Å². The Morgan fingerprint density at radius 3 is 1.85 bits per heavy atom. The van der Waals surface area contributed by atoms with Gasteiger partial charge in [0.05, 0.1) is 0 Å². The Morgan fingerprint density at radius 1 is 0.778 bits per heavy atom. The van der Waals surface area contributed by atoms with Gasteiger partial charge in [0.15, 0.2) is 0 Å². The summed E-state index contributed by atoms with van der Waals surface area (Å²) < 4.78 is 1.43. The second kappa shape index (κ2) is 8.46. The number of aryl methyl sites for hydroxylation is 1. The van der Waals surface area contributed by atoms with Crippen LogP contribution in [0.3, 0.4) is 0 Å². The summed E-state index contributed by atoms with van der Waals surface area (Å²) in [5.41, 5.74) is 4.83. The topological polar surface area (TPSA) is 0 Å². The van der Waals surface area contributed by atoms with Gasteiger partial charge in [0, 0.05) is 0 Å². The molecule has 1 atom stereocenters. The third-order valence-corrected chi connectivity index (χ3v) is 8.17. The van der Waals surface area contributed by atoms with Crippen molar-refractivity contribution in [1.29, 1.82) is 0 Å². The summed E-state index contributed by atoms with van der Waals surface area (Å²) in [6.07, 6.45) is 5.67. The van der Waals surface area contributed by atoms with Crippen molar-refractivity contribution >= 4 is 36.2 Å². The van der Waals surface area contributed by atoms with Crippen LogP contribution >= 0.6 is 7.92 Å². The summed E-state index contributed by atoms with van der Waals surface area (Å²) in [6, 6.07) is 31.1. The minimum atomic E-state index is -0.542. The van der Waals surface area contributed by atoms with Gasteiger partial charge < -0.3 is 0 Å². The van der Waals surface area contributed by atoms with Crippen LogP contribution in [-0.2, 0) is 0 Å². The van der Waals surface area contributed by atoms with Gasteiger partial charge in [-0.15, -0.1) is 0 Å². The van der Waals surface area contributed by atoms with Crippen LogP contribution in [0.4, 0.5) is 0 Å². The molecular weight excluding hydrogens is 338 g/mol. The molecule has 1 unspecified atom stereocenters. The second-order valence-electron chi connectivity index (χ2n) is 7.11. The maximum absolute atomic E-state index is 2.33. The molecule has 0 aromatic heterocycles. The summed E-state index contributed by atoms with van der Waals surface area (Å²) in [7, 11) is -0.542. The van der Waals surface area contributed by atoms with Crippen LogP contribution in [0.1, 0.15) is 23.2 Å². The number of allylic oxidation sites excluding steroid dienone is 4. The van der Waals surface area contributed by atoms with Crippen molar-refractivity contribution in [1.82, 2.24) is 0 Å². The average Bonchev–Trinajstić information content (AvgIpc) is 3.14. The molecule has 128 valence electrons. The van der Waals surface area contributed by atoms with Crippen LogP contribution < -0.4 is 10.6 Å². The first kappa shape index (κ1) is 18.5. The van der Waals surface area contributed by atoms with Crippen molar-refractivity contribution in [2.45, 2.75) is 19.0 Å². The van der Waals surface area contributed by atoms with Crippen LogP contribution in [0.15, 0.2) is 107 Å². The summed E-state index contributed by atoms with van der Waals surface area (Å²) in [6.45, 7) is 2.25. The molecule has 27 heavy (non-hydrogen) atoms. The van der Waals surface area contributed by atoms with Crippen molar-refractivity contribution in [2.24, 2.45) is 0 Å². The first-order valence-corrected chi connectivity index (χ1v) is 11.0. The molecule has 0 bridgehead atoms. The summed E-state index contributed by atoms with van der Waals surface area (Å²) in [5, 5.41) is 2.89. The standard InChI is InChI=1S/C25H22P.Li/c1-20-12-8-11-19-24(20)25(21-13-9-10-14-21)26(22-15-4-2-5-16-22)23-17-6-3-7-18-23;/h2-12,15-19,25H,13H2,1H3;. The number of benzene rings is 3. The molecule has 0 radical (unpaired) electrons. The van der Waals surface area contributed by atoms with E-state index in [1.165, 1.54) is 26.0 Å². The van der Waals surface area contributed by atoms with Crippen LogP contribution in [0.25, 0.3) is 0 Å². The van der Waals surface area contributed by atoms with Crippen molar-refractivity contribution < 1.29 is 0 Å². The second-order valence-corrected chi connectivity index (χ2v) is 9.40. The van der Waals surface area contributed by atoms with Gasteiger partial charge in [-0.05, 0) is 0 Å². The molecule has 0 saturated heterocycles. The molecule has 1 aliphatic carbocycles. The molecule has 3 aromatic carbocycles. The SMILES string of the molecule is [Li][C]1=C(C(c2ccccc2C)P(c2ccccc2)c2ccccc2)CC=C1. The molecule has 0 amide bonds. The molecule has 0 fully saturated rings. The van der Waals surface area contributed by atoms with Gasteiger partial charge in [0.1, 0.15) is 0 Å². The van der Waals surface area contributed by atoms with E-state index in [1.54, 1.807) is 5.57 Å². The van der Waals surface area contributed by atoms with E-state index in [9.17, 15) is 0 Å². The quantitative estimate of drug-likeness (QED) is 0.413. The Kier molecular flexibility index (Phi) is 5.80. The van der Waals surface area contributed by atoms with Crippen molar-refractivity contribution in [3.63, 3.8) is 0 Å². The van der Waals surface area contributed by atoms with Gasteiger partial charge in [0.25, 0.3) is 0 Å². The van der Waals surface area contributed by atoms with E-state index in [-0.39, 0.29) is 0 Å². The number of hydrogen-bond acceptors (Lipinski definition) is 0. The zero-order valence-corrected chi connectivity index (χ0v) is 16.9. The molecular formula is C25H22LiP. The first-order chi connectivity index (χ1) is 13.3. The zero-order valence-electron chi connectivity index (χ0n) is 16.0. The van der Waals surface area contributed by atoms with E-state index in [4.69, 9.17) is 0 Å². The van der Waals surface area contributed by atoms with Gasteiger partial charge in [-0.3, -0.25) is 0 Å². The molecule has 0 saturated carbocycles. The molecule has 4 rings (SSSR count). The summed E-state index contributed by atoms with van der Waals surface area (Å²) in [5.74, 6) is 0. The molecule has 0 aliphatic heterocycles. The summed E-state index contributed by atoms with van der Waals surface area (Å²) >= 11 is 2.27. The number of rotatable bonds is 5. The van der Waals surface area contributed by atoms with Crippen LogP contribution in [0, 0.1) is 6.92 Å². The molecule has 1 aliphatic rings. The minimum absolute atomic E-state index is 0.404. The molecule has 2 heteroatoms. The zero-order chi connectivity index (χ0) is 18.6. The average molecular weight is 360 g/mol. The third kappa shape index (κ3) is 3.90. The first-order valence-electron chi connectivity index (χ1n) is 9.57. The van der Waals surface area contributed by atoms with E-state index in [0.717, 1.165) is 6.42 Å². The molecule has 0 N–H and O–H groups in total.